The van der Waals surface area contributed by atoms with Gasteiger partial charge in [-0.05, 0) is 35.7 Å². The van der Waals surface area contributed by atoms with Gasteiger partial charge in [0.1, 0.15) is 11.6 Å². The Morgan fingerprint density at radius 3 is 2.62 bits per heavy atom. The maximum absolute atomic E-state index is 13.5. The lowest BCUT2D eigenvalue weighted by Gasteiger charge is -2.10. The van der Waals surface area contributed by atoms with Crippen molar-refractivity contribution in [2.24, 2.45) is 5.73 Å². The van der Waals surface area contributed by atoms with Crippen molar-refractivity contribution in [1.29, 1.82) is 0 Å². The summed E-state index contributed by atoms with van der Waals surface area (Å²) in [5, 5.41) is 2.72. The zero-order valence-electron chi connectivity index (χ0n) is 11.6. The van der Waals surface area contributed by atoms with Crippen molar-refractivity contribution in [3.63, 3.8) is 0 Å². The number of anilines is 1. The lowest BCUT2D eigenvalue weighted by molar-refractivity contribution is -0.115. The van der Waals surface area contributed by atoms with Crippen LogP contribution in [0, 0.1) is 18.6 Å². The normalized spacial score (nSPS) is 10.5. The van der Waals surface area contributed by atoms with Crippen LogP contribution < -0.4 is 11.1 Å². The average Bonchev–Trinajstić information content (AvgIpc) is 2.44. The summed E-state index contributed by atoms with van der Waals surface area (Å²) in [7, 11) is 0. The molecule has 0 unspecified atom stereocenters. The summed E-state index contributed by atoms with van der Waals surface area (Å²) in [5.74, 6) is -1.75. The molecular weight excluding hydrogens is 274 g/mol. The minimum Gasteiger partial charge on any atom is -0.326 e. The van der Waals surface area contributed by atoms with Crippen molar-refractivity contribution in [3.8, 4) is 0 Å². The van der Waals surface area contributed by atoms with Gasteiger partial charge < -0.3 is 11.1 Å². The number of halogens is 2. The molecule has 21 heavy (non-hydrogen) atoms. The van der Waals surface area contributed by atoms with Gasteiger partial charge in [-0.1, -0.05) is 18.2 Å². The standard InChI is InChI=1S/C16H16F2N2O/c1-10-2-3-11(9-19)6-15(10)20-16(21)7-12-4-5-13(17)8-14(12)18/h2-6,8H,7,9,19H2,1H3,(H,20,21). The van der Waals surface area contributed by atoms with Crippen molar-refractivity contribution in [2.75, 3.05) is 5.32 Å². The van der Waals surface area contributed by atoms with Crippen LogP contribution in [0.25, 0.3) is 0 Å². The third kappa shape index (κ3) is 3.86. The summed E-state index contributed by atoms with van der Waals surface area (Å²) in [5.41, 5.74) is 8.14. The van der Waals surface area contributed by atoms with Crippen LogP contribution in [0.2, 0.25) is 0 Å². The van der Waals surface area contributed by atoms with E-state index < -0.39 is 11.6 Å². The van der Waals surface area contributed by atoms with Crippen LogP contribution >= 0.6 is 0 Å². The molecule has 5 heteroatoms. The van der Waals surface area contributed by atoms with E-state index in [0.29, 0.717) is 12.2 Å². The van der Waals surface area contributed by atoms with Crippen molar-refractivity contribution in [2.45, 2.75) is 19.9 Å². The first-order valence-electron chi connectivity index (χ1n) is 6.53. The molecule has 0 bridgehead atoms. The molecule has 2 rings (SSSR count). The van der Waals surface area contributed by atoms with Gasteiger partial charge in [0.15, 0.2) is 0 Å². The van der Waals surface area contributed by atoms with E-state index in [9.17, 15) is 13.6 Å². The van der Waals surface area contributed by atoms with E-state index in [1.54, 1.807) is 6.07 Å². The summed E-state index contributed by atoms with van der Waals surface area (Å²) in [6.45, 7) is 2.23. The highest BCUT2D eigenvalue weighted by atomic mass is 19.1. The molecule has 0 aliphatic heterocycles. The fourth-order valence-corrected chi connectivity index (χ4v) is 1.96. The Balaban J connectivity index is 2.11. The third-order valence-corrected chi connectivity index (χ3v) is 3.18. The number of nitrogens with two attached hydrogens (primary N) is 1. The smallest absolute Gasteiger partial charge is 0.228 e. The zero-order chi connectivity index (χ0) is 15.4. The maximum atomic E-state index is 13.5. The van der Waals surface area contributed by atoms with E-state index in [-0.39, 0.29) is 17.9 Å². The number of amides is 1. The second-order valence-corrected chi connectivity index (χ2v) is 4.81. The summed E-state index contributed by atoms with van der Waals surface area (Å²) in [6.07, 6.45) is -0.154. The number of rotatable bonds is 4. The highest BCUT2D eigenvalue weighted by Crippen LogP contribution is 2.18. The zero-order valence-corrected chi connectivity index (χ0v) is 11.6. The molecule has 3 N–H and O–H groups in total. The number of hydrogen-bond acceptors (Lipinski definition) is 2. The number of carbonyl (C=O) groups is 1. The van der Waals surface area contributed by atoms with Gasteiger partial charge in [-0.25, -0.2) is 8.78 Å². The first kappa shape index (κ1) is 15.1. The van der Waals surface area contributed by atoms with Crippen LogP contribution in [-0.4, -0.2) is 5.91 Å². The monoisotopic (exact) mass is 290 g/mol. The summed E-state index contributed by atoms with van der Waals surface area (Å²) >= 11 is 0. The van der Waals surface area contributed by atoms with Crippen LogP contribution in [0.5, 0.6) is 0 Å². The van der Waals surface area contributed by atoms with Crippen molar-refractivity contribution in [3.05, 3.63) is 64.7 Å². The fourth-order valence-electron chi connectivity index (χ4n) is 1.96. The molecule has 0 spiro atoms. The van der Waals surface area contributed by atoms with Crippen LogP contribution in [0.1, 0.15) is 16.7 Å². The maximum Gasteiger partial charge on any atom is 0.228 e. The molecule has 0 aliphatic rings. The van der Waals surface area contributed by atoms with E-state index in [1.165, 1.54) is 6.07 Å². The van der Waals surface area contributed by atoms with Gasteiger partial charge in [-0.3, -0.25) is 4.79 Å². The van der Waals surface area contributed by atoms with Gasteiger partial charge in [0.05, 0.1) is 6.42 Å². The molecule has 0 atom stereocenters. The predicted molar refractivity (Wildman–Crippen MR) is 77.8 cm³/mol. The first-order chi connectivity index (χ1) is 9.99. The van der Waals surface area contributed by atoms with Crippen LogP contribution in [0.15, 0.2) is 36.4 Å². The molecule has 0 saturated heterocycles. The molecule has 0 radical (unpaired) electrons. The SMILES string of the molecule is Cc1ccc(CN)cc1NC(=O)Cc1ccc(F)cc1F. The summed E-state index contributed by atoms with van der Waals surface area (Å²) < 4.78 is 26.3. The number of hydrogen-bond donors (Lipinski definition) is 2. The molecule has 0 aliphatic carbocycles. The lowest BCUT2D eigenvalue weighted by atomic mass is 10.1. The van der Waals surface area contributed by atoms with Crippen LogP contribution in [0.3, 0.4) is 0 Å². The van der Waals surface area contributed by atoms with E-state index in [0.717, 1.165) is 23.3 Å². The molecule has 1 amide bonds. The second-order valence-electron chi connectivity index (χ2n) is 4.81. The minimum atomic E-state index is -0.724. The van der Waals surface area contributed by atoms with Crippen molar-refractivity contribution < 1.29 is 13.6 Å². The highest BCUT2D eigenvalue weighted by molar-refractivity contribution is 5.93. The fraction of sp³-hybridized carbons (Fsp3) is 0.188. The predicted octanol–water partition coefficient (Wildman–Crippen LogP) is 2.91. The summed E-state index contributed by atoms with van der Waals surface area (Å²) in [4.78, 5) is 12.0. The van der Waals surface area contributed by atoms with Gasteiger partial charge in [-0.15, -0.1) is 0 Å². The summed E-state index contributed by atoms with van der Waals surface area (Å²) in [6, 6.07) is 8.69. The average molecular weight is 290 g/mol. The molecule has 0 aromatic heterocycles. The molecule has 0 heterocycles. The van der Waals surface area contributed by atoms with Crippen molar-refractivity contribution in [1.82, 2.24) is 0 Å². The Morgan fingerprint density at radius 1 is 1.19 bits per heavy atom. The first-order valence-corrected chi connectivity index (χ1v) is 6.53. The Bertz CT molecular complexity index is 671. The topological polar surface area (TPSA) is 55.1 Å². The van der Waals surface area contributed by atoms with E-state index in [2.05, 4.69) is 5.32 Å². The van der Waals surface area contributed by atoms with E-state index in [4.69, 9.17) is 5.73 Å². The van der Waals surface area contributed by atoms with E-state index >= 15 is 0 Å². The lowest BCUT2D eigenvalue weighted by Crippen LogP contribution is -2.16. The van der Waals surface area contributed by atoms with Crippen LogP contribution in [-0.2, 0) is 17.8 Å². The van der Waals surface area contributed by atoms with E-state index in [1.807, 2.05) is 19.1 Å². The molecule has 2 aromatic carbocycles. The quantitative estimate of drug-likeness (QED) is 0.909. The van der Waals surface area contributed by atoms with Crippen LogP contribution in [0.4, 0.5) is 14.5 Å². The Hall–Kier alpha value is -2.27. The molecule has 0 fully saturated rings. The molecular formula is C16H16F2N2O. The van der Waals surface area contributed by atoms with Gasteiger partial charge in [0, 0.05) is 18.3 Å². The highest BCUT2D eigenvalue weighted by Gasteiger charge is 2.10. The Labute approximate surface area is 121 Å². The number of aryl methyl sites for hydroxylation is 1. The molecule has 3 nitrogen and oxygen atoms in total. The molecule has 110 valence electrons. The van der Waals surface area contributed by atoms with Gasteiger partial charge in [0.2, 0.25) is 5.91 Å². The molecule has 0 saturated carbocycles. The largest absolute Gasteiger partial charge is 0.326 e. The molecule has 2 aromatic rings. The second kappa shape index (κ2) is 6.45. The van der Waals surface area contributed by atoms with Gasteiger partial charge >= 0.3 is 0 Å². The minimum absolute atomic E-state index is 0.154. The van der Waals surface area contributed by atoms with Gasteiger partial charge in [-0.2, -0.15) is 0 Å². The number of carbonyl (C=O) groups excluding carboxylic acids is 1. The van der Waals surface area contributed by atoms with Crippen molar-refractivity contribution >= 4 is 11.6 Å². The third-order valence-electron chi connectivity index (χ3n) is 3.18. The van der Waals surface area contributed by atoms with Gasteiger partial charge in [0.25, 0.3) is 0 Å². The number of benzene rings is 2. The Kier molecular flexibility index (Phi) is 4.65. The number of nitrogens with one attached hydrogen (secondary N) is 1. The Morgan fingerprint density at radius 2 is 1.95 bits per heavy atom.